The number of imide groups is 1. The second kappa shape index (κ2) is 14.9. The van der Waals surface area contributed by atoms with Crippen LogP contribution in [-0.4, -0.2) is 70.1 Å². The number of hydrogen-bond donors (Lipinski definition) is 1. The second-order valence-corrected chi connectivity index (χ2v) is 13.1. The standard InChI is InChI=1S/C42H32N2O12/c1-4-44-37(47)31-17-10-26(21-33(31)38(44)48)42(52)54-28-13-7-24(8-14-28)40(50)56-34-18-15-29(19-22(34)2)55-39(49)23-5-11-27(12-6-23)53-41(51)25-9-16-30-32(20-25)36(46)43(3)35(30)45/h5-7,9-21,24,35,45H,4,8H2,1-3H3. The lowest BCUT2D eigenvalue weighted by molar-refractivity contribution is -0.137. The average Bonchev–Trinajstić information content (AvgIpc) is 3.57. The molecule has 1 aliphatic carbocycles. The SMILES string of the molecule is CCN1C(=O)c2ccc(C(=O)OC3=CCC(C(=O)Oc4ccc(OC(=O)c5ccc(OC(=O)c6ccc7c(c6)C(=O)N(C)C7O)cc5)cc4C)C=C3)cc2C1=O. The molecule has 0 bridgehead atoms. The van der Waals surface area contributed by atoms with Crippen molar-refractivity contribution in [1.29, 1.82) is 0 Å². The van der Waals surface area contributed by atoms with Crippen LogP contribution in [0.1, 0.15) is 92.8 Å². The van der Waals surface area contributed by atoms with Gasteiger partial charge in [0, 0.05) is 24.7 Å². The van der Waals surface area contributed by atoms with Crippen molar-refractivity contribution >= 4 is 41.6 Å². The highest BCUT2D eigenvalue weighted by Gasteiger charge is 2.36. The zero-order valence-electron chi connectivity index (χ0n) is 30.1. The van der Waals surface area contributed by atoms with E-state index in [-0.39, 0.29) is 69.4 Å². The molecule has 0 radical (unpaired) electrons. The Morgan fingerprint density at radius 1 is 0.696 bits per heavy atom. The van der Waals surface area contributed by atoms with Gasteiger partial charge in [-0.25, -0.2) is 14.4 Å². The third kappa shape index (κ3) is 7.08. The molecule has 0 saturated carbocycles. The molecule has 2 atom stereocenters. The van der Waals surface area contributed by atoms with Gasteiger partial charge in [0.1, 0.15) is 23.0 Å². The fourth-order valence-electron chi connectivity index (χ4n) is 6.30. The van der Waals surface area contributed by atoms with Gasteiger partial charge in [-0.05, 0) is 111 Å². The van der Waals surface area contributed by atoms with Crippen molar-refractivity contribution in [3.8, 4) is 17.2 Å². The predicted octanol–water partition coefficient (Wildman–Crippen LogP) is 5.35. The molecule has 14 heteroatoms. The number of carbonyl (C=O) groups is 7. The summed E-state index contributed by atoms with van der Waals surface area (Å²) in [5, 5.41) is 10.1. The van der Waals surface area contributed by atoms with Crippen molar-refractivity contribution in [2.75, 3.05) is 13.6 Å². The van der Waals surface area contributed by atoms with Gasteiger partial charge >= 0.3 is 23.9 Å². The van der Waals surface area contributed by atoms with E-state index in [4.69, 9.17) is 18.9 Å². The first-order valence-corrected chi connectivity index (χ1v) is 17.4. The van der Waals surface area contributed by atoms with Crippen LogP contribution in [0.15, 0.2) is 103 Å². The molecule has 7 rings (SSSR count). The lowest BCUT2D eigenvalue weighted by Gasteiger charge is -2.16. The van der Waals surface area contributed by atoms with Gasteiger partial charge < -0.3 is 29.0 Å². The maximum atomic E-state index is 13.0. The van der Waals surface area contributed by atoms with E-state index < -0.39 is 53.7 Å². The van der Waals surface area contributed by atoms with Gasteiger partial charge in [-0.3, -0.25) is 24.1 Å². The van der Waals surface area contributed by atoms with Crippen LogP contribution in [0.2, 0.25) is 0 Å². The van der Waals surface area contributed by atoms with E-state index in [1.165, 1.54) is 92.0 Å². The Morgan fingerprint density at radius 2 is 1.30 bits per heavy atom. The molecular formula is C42H32N2O12. The molecule has 4 aromatic rings. The zero-order chi connectivity index (χ0) is 39.8. The van der Waals surface area contributed by atoms with Gasteiger partial charge in [0.25, 0.3) is 17.7 Å². The van der Waals surface area contributed by atoms with Crippen LogP contribution in [0.5, 0.6) is 17.2 Å². The summed E-state index contributed by atoms with van der Waals surface area (Å²) in [5.74, 6) is -3.87. The minimum atomic E-state index is -1.09. The predicted molar refractivity (Wildman–Crippen MR) is 195 cm³/mol. The van der Waals surface area contributed by atoms with E-state index in [9.17, 15) is 38.7 Å². The van der Waals surface area contributed by atoms with Crippen LogP contribution in [0, 0.1) is 12.8 Å². The Labute approximate surface area is 319 Å². The summed E-state index contributed by atoms with van der Waals surface area (Å²) in [4.78, 5) is 90.8. The Balaban J connectivity index is 0.896. The van der Waals surface area contributed by atoms with Crippen LogP contribution in [0.3, 0.4) is 0 Å². The fraction of sp³-hybridized carbons (Fsp3) is 0.167. The molecular weight excluding hydrogens is 724 g/mol. The Kier molecular flexibility index (Phi) is 9.89. The summed E-state index contributed by atoms with van der Waals surface area (Å²) < 4.78 is 22.0. The molecule has 4 aromatic carbocycles. The molecule has 0 aromatic heterocycles. The number of amides is 3. The number of aliphatic hydroxyl groups is 1. The summed E-state index contributed by atoms with van der Waals surface area (Å²) in [7, 11) is 1.46. The minimum Gasteiger partial charge on any atom is -0.426 e. The Hall–Kier alpha value is -7.19. The lowest BCUT2D eigenvalue weighted by Crippen LogP contribution is -2.29. The molecule has 3 amide bonds. The maximum absolute atomic E-state index is 13.0. The molecule has 282 valence electrons. The topological polar surface area (TPSA) is 183 Å². The highest BCUT2D eigenvalue weighted by molar-refractivity contribution is 6.22. The molecule has 0 fully saturated rings. The minimum absolute atomic E-state index is 0.101. The quantitative estimate of drug-likeness (QED) is 0.132. The molecule has 14 nitrogen and oxygen atoms in total. The summed E-state index contributed by atoms with van der Waals surface area (Å²) >= 11 is 0. The summed E-state index contributed by atoms with van der Waals surface area (Å²) in [5.41, 5.74) is 1.88. The van der Waals surface area contributed by atoms with E-state index in [1.54, 1.807) is 26.0 Å². The van der Waals surface area contributed by atoms with Crippen molar-refractivity contribution in [3.63, 3.8) is 0 Å². The number of fused-ring (bicyclic) bond motifs is 2. The number of aliphatic hydroxyl groups excluding tert-OH is 1. The number of aryl methyl sites for hydroxylation is 1. The summed E-state index contributed by atoms with van der Waals surface area (Å²) in [6.07, 6.45) is 3.69. The fourth-order valence-corrected chi connectivity index (χ4v) is 6.30. The Morgan fingerprint density at radius 3 is 1.98 bits per heavy atom. The lowest BCUT2D eigenvalue weighted by atomic mass is 10.00. The highest BCUT2D eigenvalue weighted by atomic mass is 16.5. The summed E-state index contributed by atoms with van der Waals surface area (Å²) in [6, 6.07) is 18.7. The first kappa shape index (κ1) is 37.1. The third-order valence-corrected chi connectivity index (χ3v) is 9.45. The molecule has 0 spiro atoms. The first-order valence-electron chi connectivity index (χ1n) is 17.4. The van der Waals surface area contributed by atoms with Crippen molar-refractivity contribution in [2.24, 2.45) is 5.92 Å². The van der Waals surface area contributed by atoms with E-state index in [1.807, 2.05) is 0 Å². The van der Waals surface area contributed by atoms with Crippen molar-refractivity contribution < 1.29 is 57.6 Å². The van der Waals surface area contributed by atoms with E-state index in [2.05, 4.69) is 0 Å². The van der Waals surface area contributed by atoms with Gasteiger partial charge in [-0.1, -0.05) is 12.1 Å². The van der Waals surface area contributed by atoms with Crippen molar-refractivity contribution in [1.82, 2.24) is 9.80 Å². The van der Waals surface area contributed by atoms with Crippen LogP contribution in [0.25, 0.3) is 0 Å². The number of nitrogens with zero attached hydrogens (tertiary/aromatic N) is 2. The van der Waals surface area contributed by atoms with Gasteiger partial charge in [0.15, 0.2) is 6.23 Å². The van der Waals surface area contributed by atoms with Crippen molar-refractivity contribution in [3.05, 3.63) is 147 Å². The van der Waals surface area contributed by atoms with Gasteiger partial charge in [-0.15, -0.1) is 0 Å². The molecule has 2 heterocycles. The number of carbonyl (C=O) groups excluding carboxylic acids is 7. The molecule has 3 aliphatic rings. The molecule has 2 unspecified atom stereocenters. The maximum Gasteiger partial charge on any atom is 0.343 e. The molecule has 1 N–H and O–H groups in total. The van der Waals surface area contributed by atoms with E-state index >= 15 is 0 Å². The largest absolute Gasteiger partial charge is 0.426 e. The van der Waals surface area contributed by atoms with Crippen molar-refractivity contribution in [2.45, 2.75) is 26.5 Å². The van der Waals surface area contributed by atoms with Gasteiger partial charge in [0.2, 0.25) is 0 Å². The molecule has 0 saturated heterocycles. The van der Waals surface area contributed by atoms with E-state index in [0.29, 0.717) is 11.1 Å². The van der Waals surface area contributed by atoms with Gasteiger partial charge in [-0.2, -0.15) is 0 Å². The molecule has 56 heavy (non-hydrogen) atoms. The monoisotopic (exact) mass is 756 g/mol. The highest BCUT2D eigenvalue weighted by Crippen LogP contribution is 2.32. The first-order chi connectivity index (χ1) is 26.8. The number of rotatable bonds is 9. The Bertz CT molecular complexity index is 2430. The van der Waals surface area contributed by atoms with Crippen LogP contribution in [-0.2, 0) is 9.53 Å². The third-order valence-electron chi connectivity index (χ3n) is 9.45. The van der Waals surface area contributed by atoms with Crippen LogP contribution in [0.4, 0.5) is 0 Å². The molecule has 2 aliphatic heterocycles. The summed E-state index contributed by atoms with van der Waals surface area (Å²) in [6.45, 7) is 3.58. The zero-order valence-corrected chi connectivity index (χ0v) is 30.1. The number of hydrogen-bond acceptors (Lipinski definition) is 12. The average molecular weight is 757 g/mol. The number of esters is 4. The smallest absolute Gasteiger partial charge is 0.343 e. The normalized spacial score (nSPS) is 16.9. The number of benzene rings is 4. The number of allylic oxidation sites excluding steroid dienone is 2. The van der Waals surface area contributed by atoms with E-state index in [0.717, 1.165) is 9.80 Å². The second-order valence-electron chi connectivity index (χ2n) is 13.1. The van der Waals surface area contributed by atoms with Crippen LogP contribution < -0.4 is 14.2 Å². The van der Waals surface area contributed by atoms with Crippen LogP contribution >= 0.6 is 0 Å². The van der Waals surface area contributed by atoms with Gasteiger partial charge in [0.05, 0.1) is 33.7 Å². The number of ether oxygens (including phenoxy) is 4.